The third-order valence-corrected chi connectivity index (χ3v) is 3.45. The van der Waals surface area contributed by atoms with Gasteiger partial charge in [0.25, 0.3) is 0 Å². The third kappa shape index (κ3) is 2.75. The van der Waals surface area contributed by atoms with E-state index in [1.54, 1.807) is 0 Å². The van der Waals surface area contributed by atoms with Crippen LogP contribution in [0.2, 0.25) is 0 Å². The molecule has 0 radical (unpaired) electrons. The average molecular weight is 280 g/mol. The van der Waals surface area contributed by atoms with Crippen molar-refractivity contribution in [1.29, 1.82) is 5.26 Å². The number of hydrogen-bond donors (Lipinski definition) is 2. The molecule has 1 aromatic rings. The third-order valence-electron chi connectivity index (χ3n) is 2.80. The van der Waals surface area contributed by atoms with Gasteiger partial charge in [-0.15, -0.1) is 0 Å². The van der Waals surface area contributed by atoms with Crippen LogP contribution in [0.1, 0.15) is 18.4 Å². The molecule has 1 aromatic carbocycles. The minimum absolute atomic E-state index is 0.533. The van der Waals surface area contributed by atoms with E-state index in [9.17, 15) is 0 Å². The van der Waals surface area contributed by atoms with Gasteiger partial charge in [0.2, 0.25) is 0 Å². The smallest absolute Gasteiger partial charge is 0.0992 e. The summed E-state index contributed by atoms with van der Waals surface area (Å²) in [5.74, 6) is 0. The highest BCUT2D eigenvalue weighted by Crippen LogP contribution is 2.25. The van der Waals surface area contributed by atoms with Gasteiger partial charge >= 0.3 is 0 Å². The lowest BCUT2D eigenvalue weighted by Crippen LogP contribution is -2.35. The zero-order chi connectivity index (χ0) is 11.4. The predicted molar refractivity (Wildman–Crippen MR) is 68.4 cm³/mol. The molecule has 2 N–H and O–H groups in total. The van der Waals surface area contributed by atoms with Gasteiger partial charge in [-0.2, -0.15) is 5.26 Å². The molecule has 1 aliphatic heterocycles. The van der Waals surface area contributed by atoms with Crippen LogP contribution in [0.3, 0.4) is 0 Å². The summed E-state index contributed by atoms with van der Waals surface area (Å²) in [6.07, 6.45) is 2.29. The maximum Gasteiger partial charge on any atom is 0.0992 e. The number of piperidine rings is 1. The second kappa shape index (κ2) is 5.33. The van der Waals surface area contributed by atoms with Crippen LogP contribution < -0.4 is 10.6 Å². The molecule has 0 amide bonds. The molecule has 0 bridgehead atoms. The lowest BCUT2D eigenvalue weighted by atomic mass is 10.1. The van der Waals surface area contributed by atoms with Crippen molar-refractivity contribution in [1.82, 2.24) is 5.32 Å². The van der Waals surface area contributed by atoms with Crippen molar-refractivity contribution in [3.05, 3.63) is 28.2 Å². The van der Waals surface area contributed by atoms with Crippen molar-refractivity contribution in [3.8, 4) is 6.07 Å². The molecule has 1 fully saturated rings. The minimum Gasteiger partial charge on any atom is -0.381 e. The van der Waals surface area contributed by atoms with Gasteiger partial charge in [-0.25, -0.2) is 0 Å². The number of anilines is 1. The quantitative estimate of drug-likeness (QED) is 0.875. The molecular weight excluding hydrogens is 266 g/mol. The topological polar surface area (TPSA) is 47.9 Å². The van der Waals surface area contributed by atoms with E-state index in [1.165, 1.54) is 0 Å². The Morgan fingerprint density at radius 3 is 2.75 bits per heavy atom. The van der Waals surface area contributed by atoms with Gasteiger partial charge < -0.3 is 10.6 Å². The zero-order valence-electron chi connectivity index (χ0n) is 8.96. The number of benzene rings is 1. The van der Waals surface area contributed by atoms with E-state index in [0.29, 0.717) is 11.6 Å². The maximum absolute atomic E-state index is 8.77. The van der Waals surface area contributed by atoms with Gasteiger partial charge in [-0.3, -0.25) is 0 Å². The van der Waals surface area contributed by atoms with E-state index in [4.69, 9.17) is 5.26 Å². The Hall–Kier alpha value is -1.05. The molecule has 3 nitrogen and oxygen atoms in total. The summed E-state index contributed by atoms with van der Waals surface area (Å²) in [5.41, 5.74) is 1.76. The van der Waals surface area contributed by atoms with Crippen molar-refractivity contribution in [2.75, 3.05) is 18.4 Å². The average Bonchev–Trinajstić information content (AvgIpc) is 2.33. The predicted octanol–water partition coefficient (Wildman–Crippen LogP) is 2.48. The summed E-state index contributed by atoms with van der Waals surface area (Å²) < 4.78 is 0.963. The van der Waals surface area contributed by atoms with E-state index >= 15 is 0 Å². The van der Waals surface area contributed by atoms with Gasteiger partial charge in [0, 0.05) is 16.2 Å². The highest BCUT2D eigenvalue weighted by atomic mass is 79.9. The summed E-state index contributed by atoms with van der Waals surface area (Å²) in [6, 6.07) is 8.32. The van der Waals surface area contributed by atoms with E-state index in [1.807, 2.05) is 18.2 Å². The Morgan fingerprint density at radius 1 is 1.38 bits per heavy atom. The fraction of sp³-hybridized carbons (Fsp3) is 0.417. The summed E-state index contributed by atoms with van der Waals surface area (Å²) in [7, 11) is 0. The number of halogens is 1. The van der Waals surface area contributed by atoms with Gasteiger partial charge in [-0.05, 0) is 60.1 Å². The summed E-state index contributed by atoms with van der Waals surface area (Å²) >= 11 is 3.49. The molecular formula is C12H14BrN3. The van der Waals surface area contributed by atoms with E-state index in [0.717, 1.165) is 36.1 Å². The summed E-state index contributed by atoms with van der Waals surface area (Å²) in [6.45, 7) is 2.15. The van der Waals surface area contributed by atoms with Crippen LogP contribution in [0.15, 0.2) is 22.7 Å². The highest BCUT2D eigenvalue weighted by molar-refractivity contribution is 9.10. The molecule has 2 rings (SSSR count). The Bertz CT molecular complexity index is 405. The highest BCUT2D eigenvalue weighted by Gasteiger charge is 2.13. The molecule has 0 spiro atoms. The van der Waals surface area contributed by atoms with Crippen LogP contribution in [-0.2, 0) is 0 Å². The fourth-order valence-corrected chi connectivity index (χ4v) is 2.38. The zero-order valence-corrected chi connectivity index (χ0v) is 10.5. The standard InChI is InChI=1S/C12H14BrN3/c13-11-7-9(8-14)1-2-12(11)16-10-3-5-15-6-4-10/h1-2,7,10,15-16H,3-6H2. The molecule has 1 heterocycles. The van der Waals surface area contributed by atoms with Crippen LogP contribution in [0.5, 0.6) is 0 Å². The summed E-state index contributed by atoms with van der Waals surface area (Å²) in [4.78, 5) is 0. The number of rotatable bonds is 2. The first-order valence-corrected chi connectivity index (χ1v) is 6.26. The molecule has 0 atom stereocenters. The van der Waals surface area contributed by atoms with Crippen molar-refractivity contribution in [2.24, 2.45) is 0 Å². The number of hydrogen-bond acceptors (Lipinski definition) is 3. The molecule has 4 heteroatoms. The van der Waals surface area contributed by atoms with Crippen LogP contribution in [0.4, 0.5) is 5.69 Å². The van der Waals surface area contributed by atoms with Gasteiger partial charge in [0.15, 0.2) is 0 Å². The van der Waals surface area contributed by atoms with Crippen LogP contribution in [0, 0.1) is 11.3 Å². The number of nitrogens with one attached hydrogen (secondary N) is 2. The monoisotopic (exact) mass is 279 g/mol. The second-order valence-electron chi connectivity index (χ2n) is 3.98. The van der Waals surface area contributed by atoms with Crippen LogP contribution >= 0.6 is 15.9 Å². The molecule has 16 heavy (non-hydrogen) atoms. The first-order chi connectivity index (χ1) is 7.79. The van der Waals surface area contributed by atoms with Gasteiger partial charge in [0.1, 0.15) is 0 Å². The SMILES string of the molecule is N#Cc1ccc(NC2CCNCC2)c(Br)c1. The molecule has 1 saturated heterocycles. The molecule has 0 saturated carbocycles. The van der Waals surface area contributed by atoms with E-state index in [-0.39, 0.29) is 0 Å². The first-order valence-electron chi connectivity index (χ1n) is 5.46. The van der Waals surface area contributed by atoms with Gasteiger partial charge in [0.05, 0.1) is 11.6 Å². The lowest BCUT2D eigenvalue weighted by Gasteiger charge is -2.25. The van der Waals surface area contributed by atoms with Crippen molar-refractivity contribution in [2.45, 2.75) is 18.9 Å². The number of nitrogens with zero attached hydrogens (tertiary/aromatic N) is 1. The maximum atomic E-state index is 8.77. The van der Waals surface area contributed by atoms with Crippen molar-refractivity contribution in [3.63, 3.8) is 0 Å². The molecule has 0 aliphatic carbocycles. The normalized spacial score (nSPS) is 16.8. The molecule has 1 aliphatic rings. The molecule has 0 aromatic heterocycles. The Morgan fingerprint density at radius 2 is 2.12 bits per heavy atom. The second-order valence-corrected chi connectivity index (χ2v) is 4.83. The van der Waals surface area contributed by atoms with Crippen molar-refractivity contribution >= 4 is 21.6 Å². The number of nitriles is 1. The van der Waals surface area contributed by atoms with Crippen molar-refractivity contribution < 1.29 is 0 Å². The first kappa shape index (κ1) is 11.4. The Balaban J connectivity index is 2.06. The van der Waals surface area contributed by atoms with Crippen LogP contribution in [-0.4, -0.2) is 19.1 Å². The lowest BCUT2D eigenvalue weighted by molar-refractivity contribution is 0.479. The van der Waals surface area contributed by atoms with Gasteiger partial charge in [-0.1, -0.05) is 0 Å². The Kier molecular flexibility index (Phi) is 3.81. The van der Waals surface area contributed by atoms with E-state index < -0.39 is 0 Å². The fourth-order valence-electron chi connectivity index (χ4n) is 1.89. The Labute approximate surface area is 104 Å². The molecule has 84 valence electrons. The summed E-state index contributed by atoms with van der Waals surface area (Å²) in [5, 5.41) is 15.6. The largest absolute Gasteiger partial charge is 0.381 e. The molecule has 0 unspecified atom stereocenters. The van der Waals surface area contributed by atoms with Crippen LogP contribution in [0.25, 0.3) is 0 Å². The minimum atomic E-state index is 0.533. The van der Waals surface area contributed by atoms with E-state index in [2.05, 4.69) is 32.6 Å².